The highest BCUT2D eigenvalue weighted by Crippen LogP contribution is 2.19. The molecule has 1 aromatic heterocycles. The zero-order valence-corrected chi connectivity index (χ0v) is 14.1. The molecule has 1 aliphatic heterocycles. The van der Waals surface area contributed by atoms with E-state index in [1.165, 1.54) is 12.8 Å². The normalized spacial score (nSPS) is 18.6. The number of piperidine rings is 1. The Bertz CT molecular complexity index is 428. The average molecular weight is 294 g/mol. The fraction of sp³-hybridized carbons (Fsp3) is 0.875. The Labute approximate surface area is 128 Å². The lowest BCUT2D eigenvalue weighted by molar-refractivity contribution is 0.154. The number of aromatic nitrogens is 2. The van der Waals surface area contributed by atoms with Crippen LogP contribution in [0.1, 0.15) is 65.1 Å². The van der Waals surface area contributed by atoms with E-state index in [0.717, 1.165) is 43.8 Å². The summed E-state index contributed by atoms with van der Waals surface area (Å²) < 4.78 is 5.33. The van der Waals surface area contributed by atoms with Gasteiger partial charge in [0.2, 0.25) is 5.89 Å². The van der Waals surface area contributed by atoms with Gasteiger partial charge in [-0.25, -0.2) is 0 Å². The van der Waals surface area contributed by atoms with Crippen molar-refractivity contribution in [2.24, 2.45) is 5.92 Å². The van der Waals surface area contributed by atoms with Crippen LogP contribution in [0, 0.1) is 5.92 Å². The van der Waals surface area contributed by atoms with Crippen molar-refractivity contribution in [3.63, 3.8) is 0 Å². The van der Waals surface area contributed by atoms with Gasteiger partial charge in [0.1, 0.15) is 0 Å². The van der Waals surface area contributed by atoms with Crippen molar-refractivity contribution in [3.8, 4) is 0 Å². The van der Waals surface area contributed by atoms with Crippen LogP contribution in [0.15, 0.2) is 4.52 Å². The summed E-state index contributed by atoms with van der Waals surface area (Å²) in [6.07, 6.45) is 2.49. The highest BCUT2D eigenvalue weighted by Gasteiger charge is 2.22. The molecule has 0 atom stereocenters. The van der Waals surface area contributed by atoms with Gasteiger partial charge < -0.3 is 9.84 Å². The van der Waals surface area contributed by atoms with Crippen molar-refractivity contribution >= 4 is 0 Å². The molecule has 120 valence electrons. The zero-order valence-electron chi connectivity index (χ0n) is 14.1. The zero-order chi connectivity index (χ0) is 15.5. The van der Waals surface area contributed by atoms with E-state index in [0.29, 0.717) is 5.92 Å². The third kappa shape index (κ3) is 5.40. The van der Waals surface area contributed by atoms with Crippen LogP contribution in [-0.2, 0) is 6.54 Å². The maximum atomic E-state index is 5.33. The predicted molar refractivity (Wildman–Crippen MR) is 84.1 cm³/mol. The van der Waals surface area contributed by atoms with Crippen molar-refractivity contribution < 1.29 is 4.52 Å². The lowest BCUT2D eigenvalue weighted by Gasteiger charge is -2.33. The second kappa shape index (κ2) is 6.88. The molecule has 1 N–H and O–H groups in total. The van der Waals surface area contributed by atoms with E-state index in [4.69, 9.17) is 4.52 Å². The van der Waals surface area contributed by atoms with E-state index >= 15 is 0 Å². The van der Waals surface area contributed by atoms with Crippen molar-refractivity contribution in [2.45, 2.75) is 65.5 Å². The fourth-order valence-corrected chi connectivity index (χ4v) is 2.56. The third-order valence-electron chi connectivity index (χ3n) is 3.99. The van der Waals surface area contributed by atoms with Gasteiger partial charge in [-0.1, -0.05) is 19.0 Å². The average Bonchev–Trinajstić information content (AvgIpc) is 2.86. The first-order valence-corrected chi connectivity index (χ1v) is 8.13. The monoisotopic (exact) mass is 294 g/mol. The molecule has 0 amide bonds. The number of nitrogens with one attached hydrogen (secondary N) is 1. The molecule has 0 unspecified atom stereocenters. The summed E-state index contributed by atoms with van der Waals surface area (Å²) >= 11 is 0. The Hall–Kier alpha value is -0.940. The topological polar surface area (TPSA) is 54.2 Å². The molecule has 1 saturated heterocycles. The summed E-state index contributed by atoms with van der Waals surface area (Å²) in [5.74, 6) is 2.69. The van der Waals surface area contributed by atoms with Crippen LogP contribution in [0.25, 0.3) is 0 Å². The smallest absolute Gasteiger partial charge is 0.240 e. The van der Waals surface area contributed by atoms with Crippen LogP contribution >= 0.6 is 0 Å². The third-order valence-corrected chi connectivity index (χ3v) is 3.99. The first-order chi connectivity index (χ1) is 9.83. The summed E-state index contributed by atoms with van der Waals surface area (Å²) in [5.41, 5.74) is 0.216. The van der Waals surface area contributed by atoms with E-state index in [9.17, 15) is 0 Å². The minimum Gasteiger partial charge on any atom is -0.338 e. The Morgan fingerprint density at radius 2 is 1.95 bits per heavy atom. The van der Waals surface area contributed by atoms with Gasteiger partial charge >= 0.3 is 0 Å². The molecule has 2 heterocycles. The highest BCUT2D eigenvalue weighted by molar-refractivity contribution is 4.92. The van der Waals surface area contributed by atoms with Gasteiger partial charge in [-0.3, -0.25) is 4.90 Å². The first-order valence-electron chi connectivity index (χ1n) is 8.13. The summed E-state index contributed by atoms with van der Waals surface area (Å²) in [4.78, 5) is 6.88. The number of hydrogen-bond acceptors (Lipinski definition) is 5. The molecule has 0 bridgehead atoms. The Kier molecular flexibility index (Phi) is 5.38. The number of likely N-dealkylation sites (tertiary alicyclic amines) is 1. The Morgan fingerprint density at radius 3 is 2.48 bits per heavy atom. The van der Waals surface area contributed by atoms with E-state index in [-0.39, 0.29) is 5.54 Å². The van der Waals surface area contributed by atoms with Crippen molar-refractivity contribution in [1.29, 1.82) is 0 Å². The molecule has 0 radical (unpaired) electrons. The first kappa shape index (κ1) is 16.4. The van der Waals surface area contributed by atoms with Gasteiger partial charge in [0.15, 0.2) is 5.82 Å². The molecule has 1 aliphatic rings. The highest BCUT2D eigenvalue weighted by atomic mass is 16.5. The van der Waals surface area contributed by atoms with Crippen LogP contribution in [0.2, 0.25) is 0 Å². The molecule has 1 fully saturated rings. The van der Waals surface area contributed by atoms with Crippen LogP contribution in [0.4, 0.5) is 0 Å². The number of rotatable bonds is 5. The SMILES string of the molecule is CC(C)c1noc(CN2CCC(CNC(C)(C)C)CC2)n1. The number of hydrogen-bond donors (Lipinski definition) is 1. The summed E-state index contributed by atoms with van der Waals surface area (Å²) in [6.45, 7) is 15.0. The van der Waals surface area contributed by atoms with Gasteiger partial charge in [-0.2, -0.15) is 4.98 Å². The van der Waals surface area contributed by atoms with Gasteiger partial charge in [-0.15, -0.1) is 0 Å². The molecular formula is C16H30N4O. The number of nitrogens with zero attached hydrogens (tertiary/aromatic N) is 3. The molecule has 0 aromatic carbocycles. The van der Waals surface area contributed by atoms with E-state index in [1.54, 1.807) is 0 Å². The summed E-state index contributed by atoms with van der Waals surface area (Å²) in [7, 11) is 0. The maximum Gasteiger partial charge on any atom is 0.240 e. The molecule has 2 rings (SSSR count). The van der Waals surface area contributed by atoms with E-state index in [1.807, 2.05) is 0 Å². The quantitative estimate of drug-likeness (QED) is 0.905. The Balaban J connectivity index is 1.73. The lowest BCUT2D eigenvalue weighted by Crippen LogP contribution is -2.42. The summed E-state index contributed by atoms with van der Waals surface area (Å²) in [6, 6.07) is 0. The van der Waals surface area contributed by atoms with Crippen molar-refractivity contribution in [2.75, 3.05) is 19.6 Å². The van der Waals surface area contributed by atoms with Gasteiger partial charge in [0, 0.05) is 11.5 Å². The lowest BCUT2D eigenvalue weighted by atomic mass is 9.95. The molecule has 5 nitrogen and oxygen atoms in total. The second-order valence-electron chi connectivity index (χ2n) is 7.55. The second-order valence-corrected chi connectivity index (χ2v) is 7.55. The van der Waals surface area contributed by atoms with E-state index in [2.05, 4.69) is 55.0 Å². The molecule has 21 heavy (non-hydrogen) atoms. The minimum absolute atomic E-state index is 0.216. The maximum absolute atomic E-state index is 5.33. The van der Waals surface area contributed by atoms with Gasteiger partial charge in [-0.05, 0) is 59.2 Å². The largest absolute Gasteiger partial charge is 0.338 e. The Morgan fingerprint density at radius 1 is 1.29 bits per heavy atom. The van der Waals surface area contributed by atoms with Crippen molar-refractivity contribution in [3.05, 3.63) is 11.7 Å². The minimum atomic E-state index is 0.216. The molecule has 0 aliphatic carbocycles. The molecule has 1 aromatic rings. The van der Waals surface area contributed by atoms with Crippen molar-refractivity contribution in [1.82, 2.24) is 20.4 Å². The van der Waals surface area contributed by atoms with Crippen LogP contribution in [0.3, 0.4) is 0 Å². The fourth-order valence-electron chi connectivity index (χ4n) is 2.56. The molecule has 0 spiro atoms. The predicted octanol–water partition coefficient (Wildman–Crippen LogP) is 2.79. The van der Waals surface area contributed by atoms with Crippen LogP contribution < -0.4 is 5.32 Å². The van der Waals surface area contributed by atoms with Gasteiger partial charge in [0.25, 0.3) is 0 Å². The molecular weight excluding hydrogens is 264 g/mol. The summed E-state index contributed by atoms with van der Waals surface area (Å²) in [5, 5.41) is 7.64. The van der Waals surface area contributed by atoms with Gasteiger partial charge in [0.05, 0.1) is 6.54 Å². The molecule has 0 saturated carbocycles. The van der Waals surface area contributed by atoms with Crippen LogP contribution in [0.5, 0.6) is 0 Å². The van der Waals surface area contributed by atoms with Crippen LogP contribution in [-0.4, -0.2) is 40.2 Å². The standard InChI is InChI=1S/C16H30N4O/c1-12(2)15-18-14(21-19-15)11-20-8-6-13(7-9-20)10-17-16(3,4)5/h12-13,17H,6-11H2,1-5H3. The molecule has 5 heteroatoms. The van der Waals surface area contributed by atoms with E-state index < -0.39 is 0 Å².